The Morgan fingerprint density at radius 1 is 1.15 bits per heavy atom. The highest BCUT2D eigenvalue weighted by Gasteiger charge is 2.09. The SMILES string of the molecule is CN(C)C(N)=NCc1cc(Cc2ccc(-c3ccccc3)c(F)c2)on1. The number of rotatable bonds is 5. The zero-order chi connectivity index (χ0) is 18.5. The van der Waals surface area contributed by atoms with E-state index in [-0.39, 0.29) is 5.82 Å². The predicted octanol–water partition coefficient (Wildman–Crippen LogP) is 3.45. The van der Waals surface area contributed by atoms with E-state index in [9.17, 15) is 4.39 Å². The number of benzene rings is 2. The van der Waals surface area contributed by atoms with Crippen LogP contribution in [0.1, 0.15) is 17.0 Å². The van der Waals surface area contributed by atoms with Crippen LogP contribution in [0.2, 0.25) is 0 Å². The van der Waals surface area contributed by atoms with E-state index in [2.05, 4.69) is 10.1 Å². The van der Waals surface area contributed by atoms with E-state index in [1.807, 2.05) is 56.6 Å². The van der Waals surface area contributed by atoms with Gasteiger partial charge in [0, 0.05) is 32.1 Å². The number of nitrogens with zero attached hydrogens (tertiary/aromatic N) is 3. The Labute approximate surface area is 151 Å². The fourth-order valence-electron chi connectivity index (χ4n) is 2.54. The molecule has 0 amide bonds. The molecule has 0 saturated heterocycles. The van der Waals surface area contributed by atoms with Crippen LogP contribution >= 0.6 is 0 Å². The second-order valence-corrected chi connectivity index (χ2v) is 6.21. The van der Waals surface area contributed by atoms with Crippen LogP contribution in [0.3, 0.4) is 0 Å². The highest BCUT2D eigenvalue weighted by Crippen LogP contribution is 2.24. The average Bonchev–Trinajstić information content (AvgIpc) is 3.08. The Balaban J connectivity index is 1.70. The summed E-state index contributed by atoms with van der Waals surface area (Å²) in [6.07, 6.45) is 0.464. The van der Waals surface area contributed by atoms with Crippen molar-refractivity contribution in [3.8, 4) is 11.1 Å². The van der Waals surface area contributed by atoms with Gasteiger partial charge in [0.25, 0.3) is 0 Å². The molecule has 0 bridgehead atoms. The molecule has 6 heteroatoms. The quantitative estimate of drug-likeness (QED) is 0.564. The highest BCUT2D eigenvalue weighted by molar-refractivity contribution is 5.77. The summed E-state index contributed by atoms with van der Waals surface area (Å²) in [5, 5.41) is 3.98. The van der Waals surface area contributed by atoms with Crippen molar-refractivity contribution in [2.45, 2.75) is 13.0 Å². The molecule has 0 aliphatic carbocycles. The molecule has 0 saturated carbocycles. The van der Waals surface area contributed by atoms with Crippen molar-refractivity contribution in [1.29, 1.82) is 0 Å². The molecular formula is C20H21FN4O. The van der Waals surface area contributed by atoms with Gasteiger partial charge >= 0.3 is 0 Å². The summed E-state index contributed by atoms with van der Waals surface area (Å²) in [7, 11) is 3.64. The third-order valence-electron chi connectivity index (χ3n) is 3.97. The number of aromatic nitrogens is 1. The molecule has 1 aromatic heterocycles. The van der Waals surface area contributed by atoms with Gasteiger partial charge < -0.3 is 15.2 Å². The first kappa shape index (κ1) is 17.7. The Hall–Kier alpha value is -3.15. The van der Waals surface area contributed by atoms with Gasteiger partial charge in [-0.2, -0.15) is 0 Å². The summed E-state index contributed by atoms with van der Waals surface area (Å²) in [4.78, 5) is 5.93. The van der Waals surface area contributed by atoms with E-state index in [0.29, 0.717) is 35.9 Å². The molecule has 2 aromatic carbocycles. The topological polar surface area (TPSA) is 67.7 Å². The Morgan fingerprint density at radius 3 is 2.62 bits per heavy atom. The maximum Gasteiger partial charge on any atom is 0.191 e. The normalized spacial score (nSPS) is 11.6. The average molecular weight is 352 g/mol. The molecule has 134 valence electrons. The van der Waals surface area contributed by atoms with Gasteiger partial charge in [-0.1, -0.05) is 47.6 Å². The number of hydrogen-bond donors (Lipinski definition) is 1. The second-order valence-electron chi connectivity index (χ2n) is 6.21. The minimum Gasteiger partial charge on any atom is -0.370 e. The number of nitrogens with two attached hydrogens (primary N) is 1. The van der Waals surface area contributed by atoms with Crippen molar-refractivity contribution in [2.24, 2.45) is 10.7 Å². The number of guanidine groups is 1. The Bertz CT molecular complexity index is 903. The molecule has 0 atom stereocenters. The van der Waals surface area contributed by atoms with Crippen LogP contribution in [0.5, 0.6) is 0 Å². The first-order valence-corrected chi connectivity index (χ1v) is 8.28. The van der Waals surface area contributed by atoms with E-state index in [0.717, 1.165) is 11.1 Å². The molecule has 3 rings (SSSR count). The van der Waals surface area contributed by atoms with E-state index in [1.165, 1.54) is 6.07 Å². The van der Waals surface area contributed by atoms with Gasteiger partial charge in [0.1, 0.15) is 17.3 Å². The van der Waals surface area contributed by atoms with Crippen molar-refractivity contribution in [3.05, 3.63) is 77.4 Å². The van der Waals surface area contributed by atoms with Gasteiger partial charge in [-0.25, -0.2) is 9.38 Å². The smallest absolute Gasteiger partial charge is 0.191 e. The molecule has 1 heterocycles. The first-order valence-electron chi connectivity index (χ1n) is 8.28. The molecule has 0 fully saturated rings. The first-order chi connectivity index (χ1) is 12.5. The molecule has 26 heavy (non-hydrogen) atoms. The number of halogens is 1. The Kier molecular flexibility index (Phi) is 5.31. The molecule has 2 N–H and O–H groups in total. The van der Waals surface area contributed by atoms with Crippen LogP contribution in [0.4, 0.5) is 4.39 Å². The van der Waals surface area contributed by atoms with Crippen molar-refractivity contribution in [1.82, 2.24) is 10.1 Å². The second kappa shape index (κ2) is 7.82. The van der Waals surface area contributed by atoms with Crippen LogP contribution in [-0.2, 0) is 13.0 Å². The Morgan fingerprint density at radius 2 is 1.92 bits per heavy atom. The van der Waals surface area contributed by atoms with Crippen molar-refractivity contribution < 1.29 is 8.91 Å². The third-order valence-corrected chi connectivity index (χ3v) is 3.97. The molecule has 0 aliphatic rings. The lowest BCUT2D eigenvalue weighted by molar-refractivity contribution is 0.383. The number of aliphatic imine (C=N–C) groups is 1. The largest absolute Gasteiger partial charge is 0.370 e. The van der Waals surface area contributed by atoms with Crippen LogP contribution < -0.4 is 5.73 Å². The predicted molar refractivity (Wildman–Crippen MR) is 100 cm³/mol. The van der Waals surface area contributed by atoms with E-state index >= 15 is 0 Å². The van der Waals surface area contributed by atoms with Gasteiger partial charge in [-0.3, -0.25) is 0 Å². The monoisotopic (exact) mass is 352 g/mol. The maximum atomic E-state index is 14.4. The third kappa shape index (κ3) is 4.27. The van der Waals surface area contributed by atoms with Crippen LogP contribution in [0.15, 0.2) is 64.1 Å². The minimum absolute atomic E-state index is 0.253. The maximum absolute atomic E-state index is 14.4. The van der Waals surface area contributed by atoms with E-state index in [4.69, 9.17) is 10.3 Å². The van der Waals surface area contributed by atoms with Gasteiger partial charge in [0.15, 0.2) is 5.96 Å². The summed E-state index contributed by atoms with van der Waals surface area (Å²) in [6.45, 7) is 0.342. The van der Waals surface area contributed by atoms with Gasteiger partial charge in [0.2, 0.25) is 0 Å². The van der Waals surface area contributed by atoms with Crippen molar-refractivity contribution in [2.75, 3.05) is 14.1 Å². The summed E-state index contributed by atoms with van der Waals surface area (Å²) in [5.74, 6) is 0.829. The molecule has 5 nitrogen and oxygen atoms in total. The molecule has 3 aromatic rings. The van der Waals surface area contributed by atoms with E-state index < -0.39 is 0 Å². The molecule has 0 radical (unpaired) electrons. The fraction of sp³-hybridized carbons (Fsp3) is 0.200. The highest BCUT2D eigenvalue weighted by atomic mass is 19.1. The van der Waals surface area contributed by atoms with Crippen LogP contribution in [0.25, 0.3) is 11.1 Å². The zero-order valence-electron chi connectivity index (χ0n) is 14.8. The lowest BCUT2D eigenvalue weighted by Gasteiger charge is -2.09. The summed E-state index contributed by atoms with van der Waals surface area (Å²) >= 11 is 0. The summed E-state index contributed by atoms with van der Waals surface area (Å²) < 4.78 is 19.8. The van der Waals surface area contributed by atoms with Crippen LogP contribution in [0, 0.1) is 5.82 Å². The minimum atomic E-state index is -0.253. The zero-order valence-corrected chi connectivity index (χ0v) is 14.8. The summed E-state index contributed by atoms with van der Waals surface area (Å²) in [5.41, 5.74) is 8.70. The summed E-state index contributed by atoms with van der Waals surface area (Å²) in [6, 6.07) is 16.5. The lowest BCUT2D eigenvalue weighted by Crippen LogP contribution is -2.30. The lowest BCUT2D eigenvalue weighted by atomic mass is 10.0. The van der Waals surface area contributed by atoms with Crippen molar-refractivity contribution >= 4 is 5.96 Å². The standard InChI is InChI=1S/C20H21FN4O/c1-25(2)20(22)23-13-16-12-17(26-24-16)10-14-8-9-18(19(21)11-14)15-6-4-3-5-7-15/h3-9,11-12H,10,13H2,1-2H3,(H2,22,23). The molecular weight excluding hydrogens is 331 g/mol. The van der Waals surface area contributed by atoms with Gasteiger partial charge in [0.05, 0.1) is 6.54 Å². The molecule has 0 spiro atoms. The van der Waals surface area contributed by atoms with Crippen LogP contribution in [-0.4, -0.2) is 30.1 Å². The van der Waals surface area contributed by atoms with Gasteiger partial charge in [-0.15, -0.1) is 0 Å². The molecule has 0 unspecified atom stereocenters. The van der Waals surface area contributed by atoms with Gasteiger partial charge in [-0.05, 0) is 17.2 Å². The number of hydrogen-bond acceptors (Lipinski definition) is 3. The van der Waals surface area contributed by atoms with Crippen molar-refractivity contribution in [3.63, 3.8) is 0 Å². The molecule has 0 aliphatic heterocycles. The fourth-order valence-corrected chi connectivity index (χ4v) is 2.54. The van der Waals surface area contributed by atoms with E-state index in [1.54, 1.807) is 11.0 Å².